The van der Waals surface area contributed by atoms with Gasteiger partial charge in [-0.2, -0.15) is 8.78 Å². The number of para-hydroxylation sites is 1. The number of hydrogen-bond donors (Lipinski definition) is 0. The maximum Gasteiger partial charge on any atom is 0.387 e. The first kappa shape index (κ1) is 12.7. The monoisotopic (exact) mass is 268 g/mol. The first-order valence-corrected chi connectivity index (χ1v) is 6.10. The normalized spacial score (nSPS) is 10.7. The third kappa shape index (κ3) is 2.56. The van der Waals surface area contributed by atoms with Crippen molar-refractivity contribution in [2.45, 2.75) is 13.5 Å². The van der Waals surface area contributed by atoms with Crippen LogP contribution in [0.15, 0.2) is 35.7 Å². The lowest BCUT2D eigenvalue weighted by molar-refractivity contribution is -0.0501. The highest BCUT2D eigenvalue weighted by atomic mass is 32.1. The van der Waals surface area contributed by atoms with Crippen molar-refractivity contribution in [1.29, 1.82) is 0 Å². The Hall–Kier alpha value is -1.75. The SMILES string of the molecule is Cc1sccc1C(=O)c1ccccc1OC(F)F. The molecular formula is C13H10F2O2S. The molecule has 18 heavy (non-hydrogen) atoms. The van der Waals surface area contributed by atoms with E-state index in [0.29, 0.717) is 5.56 Å². The summed E-state index contributed by atoms with van der Waals surface area (Å²) in [5.74, 6) is -0.395. The minimum atomic E-state index is -2.94. The van der Waals surface area contributed by atoms with Crippen LogP contribution in [-0.2, 0) is 0 Å². The average Bonchev–Trinajstić information content (AvgIpc) is 2.74. The molecule has 0 saturated carbocycles. The summed E-state index contributed by atoms with van der Waals surface area (Å²) >= 11 is 1.44. The van der Waals surface area contributed by atoms with Crippen LogP contribution < -0.4 is 4.74 Å². The maximum absolute atomic E-state index is 12.3. The fraction of sp³-hybridized carbons (Fsp3) is 0.154. The van der Waals surface area contributed by atoms with Crippen LogP contribution in [0, 0.1) is 6.92 Å². The predicted octanol–water partition coefficient (Wildman–Crippen LogP) is 3.89. The molecule has 0 N–H and O–H groups in total. The van der Waals surface area contributed by atoms with Gasteiger partial charge in [0.2, 0.25) is 0 Å². The Morgan fingerprint density at radius 1 is 1.22 bits per heavy atom. The van der Waals surface area contributed by atoms with E-state index in [1.165, 1.54) is 23.5 Å². The zero-order valence-corrected chi connectivity index (χ0v) is 10.3. The second-order valence-corrected chi connectivity index (χ2v) is 4.71. The summed E-state index contributed by atoms with van der Waals surface area (Å²) in [4.78, 5) is 13.1. The summed E-state index contributed by atoms with van der Waals surface area (Å²) < 4.78 is 28.9. The number of carbonyl (C=O) groups excluding carboxylic acids is 1. The predicted molar refractivity (Wildman–Crippen MR) is 65.6 cm³/mol. The van der Waals surface area contributed by atoms with Crippen LogP contribution in [0.2, 0.25) is 0 Å². The van der Waals surface area contributed by atoms with Crippen molar-refractivity contribution >= 4 is 17.1 Å². The van der Waals surface area contributed by atoms with Gasteiger partial charge in [-0.25, -0.2) is 0 Å². The molecule has 0 aliphatic heterocycles. The molecule has 1 aromatic carbocycles. The van der Waals surface area contributed by atoms with Gasteiger partial charge in [-0.1, -0.05) is 12.1 Å². The zero-order chi connectivity index (χ0) is 13.1. The van der Waals surface area contributed by atoms with Gasteiger partial charge in [0.05, 0.1) is 5.56 Å². The maximum atomic E-state index is 12.3. The molecule has 1 aromatic heterocycles. The highest BCUT2D eigenvalue weighted by molar-refractivity contribution is 7.10. The number of ketones is 1. The van der Waals surface area contributed by atoms with Crippen LogP contribution in [0.3, 0.4) is 0 Å². The number of benzene rings is 1. The lowest BCUT2D eigenvalue weighted by atomic mass is 10.0. The summed E-state index contributed by atoms with van der Waals surface area (Å²) in [6, 6.07) is 7.70. The van der Waals surface area contributed by atoms with Gasteiger partial charge in [-0.05, 0) is 30.5 Å². The highest BCUT2D eigenvalue weighted by Gasteiger charge is 2.18. The molecule has 0 radical (unpaired) electrons. The largest absolute Gasteiger partial charge is 0.434 e. The molecule has 94 valence electrons. The summed E-state index contributed by atoms with van der Waals surface area (Å²) in [5.41, 5.74) is 0.671. The Morgan fingerprint density at radius 2 is 1.94 bits per heavy atom. The molecule has 1 heterocycles. The van der Waals surface area contributed by atoms with Gasteiger partial charge in [0.15, 0.2) is 5.78 Å². The molecule has 0 unspecified atom stereocenters. The summed E-state index contributed by atoms with van der Waals surface area (Å²) in [6.45, 7) is -1.13. The number of halogens is 2. The van der Waals surface area contributed by atoms with Crippen molar-refractivity contribution in [3.05, 3.63) is 51.7 Å². The third-order valence-electron chi connectivity index (χ3n) is 2.45. The van der Waals surface area contributed by atoms with E-state index in [4.69, 9.17) is 0 Å². The van der Waals surface area contributed by atoms with Crippen molar-refractivity contribution in [3.8, 4) is 5.75 Å². The topological polar surface area (TPSA) is 26.3 Å². The number of hydrogen-bond acceptors (Lipinski definition) is 3. The summed E-state index contributed by atoms with van der Waals surface area (Å²) in [7, 11) is 0. The van der Waals surface area contributed by atoms with E-state index in [1.807, 2.05) is 6.92 Å². The van der Waals surface area contributed by atoms with Gasteiger partial charge in [-0.3, -0.25) is 4.79 Å². The van der Waals surface area contributed by atoms with Crippen LogP contribution in [0.5, 0.6) is 5.75 Å². The van der Waals surface area contributed by atoms with Crippen LogP contribution >= 0.6 is 11.3 Å². The smallest absolute Gasteiger partial charge is 0.387 e. The molecular weight excluding hydrogens is 258 g/mol. The van der Waals surface area contributed by atoms with Crippen molar-refractivity contribution < 1.29 is 18.3 Å². The minimum Gasteiger partial charge on any atom is -0.434 e. The third-order valence-corrected chi connectivity index (χ3v) is 3.30. The number of rotatable bonds is 4. The van der Waals surface area contributed by atoms with Crippen LogP contribution in [0.4, 0.5) is 8.78 Å². The Morgan fingerprint density at radius 3 is 2.56 bits per heavy atom. The Kier molecular flexibility index (Phi) is 3.72. The van der Waals surface area contributed by atoms with E-state index in [1.54, 1.807) is 23.6 Å². The molecule has 2 aromatic rings. The van der Waals surface area contributed by atoms with Gasteiger partial charge in [0.1, 0.15) is 5.75 Å². The Bertz CT molecular complexity index is 564. The number of aryl methyl sites for hydroxylation is 1. The first-order chi connectivity index (χ1) is 8.59. The van der Waals surface area contributed by atoms with Gasteiger partial charge in [0, 0.05) is 10.4 Å². The average molecular weight is 268 g/mol. The summed E-state index contributed by atoms with van der Waals surface area (Å²) in [5, 5.41) is 1.79. The van der Waals surface area contributed by atoms with E-state index in [2.05, 4.69) is 4.74 Å². The zero-order valence-electron chi connectivity index (χ0n) is 9.52. The molecule has 2 rings (SSSR count). The van der Waals surface area contributed by atoms with E-state index in [-0.39, 0.29) is 17.1 Å². The molecule has 2 nitrogen and oxygen atoms in total. The van der Waals surface area contributed by atoms with Gasteiger partial charge in [-0.15, -0.1) is 11.3 Å². The number of thiophene rings is 1. The number of carbonyl (C=O) groups is 1. The van der Waals surface area contributed by atoms with Crippen molar-refractivity contribution in [3.63, 3.8) is 0 Å². The Balaban J connectivity index is 2.39. The molecule has 0 aliphatic rings. The molecule has 0 atom stereocenters. The molecule has 0 aliphatic carbocycles. The van der Waals surface area contributed by atoms with Crippen LogP contribution in [0.1, 0.15) is 20.8 Å². The quantitative estimate of drug-likeness (QED) is 0.786. The fourth-order valence-corrected chi connectivity index (χ4v) is 2.31. The van der Waals surface area contributed by atoms with Gasteiger partial charge >= 0.3 is 6.61 Å². The number of alkyl halides is 2. The van der Waals surface area contributed by atoms with Crippen molar-refractivity contribution in [1.82, 2.24) is 0 Å². The first-order valence-electron chi connectivity index (χ1n) is 5.22. The molecule has 0 spiro atoms. The molecule has 0 bridgehead atoms. The fourth-order valence-electron chi connectivity index (χ4n) is 1.62. The van der Waals surface area contributed by atoms with E-state index < -0.39 is 6.61 Å². The van der Waals surface area contributed by atoms with Crippen LogP contribution in [0.25, 0.3) is 0 Å². The molecule has 0 amide bonds. The lowest BCUT2D eigenvalue weighted by Gasteiger charge is -2.09. The lowest BCUT2D eigenvalue weighted by Crippen LogP contribution is -2.08. The summed E-state index contributed by atoms with van der Waals surface area (Å²) in [6.07, 6.45) is 0. The van der Waals surface area contributed by atoms with Gasteiger partial charge in [0.25, 0.3) is 0 Å². The highest BCUT2D eigenvalue weighted by Crippen LogP contribution is 2.26. The minimum absolute atomic E-state index is 0.0944. The van der Waals surface area contributed by atoms with E-state index in [0.717, 1.165) is 4.88 Å². The van der Waals surface area contributed by atoms with Gasteiger partial charge < -0.3 is 4.74 Å². The van der Waals surface area contributed by atoms with Crippen molar-refractivity contribution in [2.24, 2.45) is 0 Å². The molecule has 5 heteroatoms. The van der Waals surface area contributed by atoms with E-state index >= 15 is 0 Å². The van der Waals surface area contributed by atoms with Crippen LogP contribution in [-0.4, -0.2) is 12.4 Å². The van der Waals surface area contributed by atoms with Crippen molar-refractivity contribution in [2.75, 3.05) is 0 Å². The second kappa shape index (κ2) is 5.27. The number of ether oxygens (including phenoxy) is 1. The molecule has 0 fully saturated rings. The standard InChI is InChI=1S/C13H10F2O2S/c1-8-9(6-7-18-8)12(16)10-4-2-3-5-11(10)17-13(14)15/h2-7,13H,1H3. The molecule has 0 saturated heterocycles. The second-order valence-electron chi connectivity index (χ2n) is 3.59. The van der Waals surface area contributed by atoms with E-state index in [9.17, 15) is 13.6 Å². The Labute approximate surface area is 107 Å².